The Bertz CT molecular complexity index is 1460. The molecule has 2 saturated heterocycles. The van der Waals surface area contributed by atoms with Crippen LogP contribution in [0.25, 0.3) is 0 Å². The van der Waals surface area contributed by atoms with Gasteiger partial charge >= 0.3 is 11.9 Å². The van der Waals surface area contributed by atoms with E-state index in [2.05, 4.69) is 0 Å². The molecule has 2 unspecified atom stereocenters. The topological polar surface area (TPSA) is 96.1 Å². The Morgan fingerprint density at radius 2 is 1.21 bits per heavy atom. The number of hydrogen-bond acceptors (Lipinski definition) is 8. The minimum atomic E-state index is -3.05. The van der Waals surface area contributed by atoms with Gasteiger partial charge in [-0.3, -0.25) is 9.59 Å². The fourth-order valence-electron chi connectivity index (χ4n) is 4.03. The fraction of sp³-hybridized carbons (Fsp3) is 0.355. The molecule has 0 spiro atoms. The number of alkyl halides is 2. The molecule has 0 N–H and O–H groups in total. The lowest BCUT2D eigenvalue weighted by Gasteiger charge is -2.12. The first-order valence-electron chi connectivity index (χ1n) is 13.6. The number of aryl methyl sites for hydroxylation is 2. The maximum absolute atomic E-state index is 14.4. The average molecular weight is 605 g/mol. The SMILES string of the molecule is O=C(CCc1ccc(OCC2CO2)cc1F)Oc1ccc(OC(=O)CCc2ccc(OCC3CO3)cc2F)c(C(F)F)c1. The number of ether oxygens (including phenoxy) is 6. The number of esters is 2. The van der Waals surface area contributed by atoms with Crippen molar-refractivity contribution in [3.05, 3.63) is 82.9 Å². The van der Waals surface area contributed by atoms with Crippen LogP contribution >= 0.6 is 0 Å². The highest BCUT2D eigenvalue weighted by Gasteiger charge is 2.24. The van der Waals surface area contributed by atoms with Crippen molar-refractivity contribution in [3.8, 4) is 23.0 Å². The highest BCUT2D eigenvalue weighted by molar-refractivity contribution is 5.74. The molecule has 43 heavy (non-hydrogen) atoms. The third-order valence-corrected chi connectivity index (χ3v) is 6.59. The van der Waals surface area contributed by atoms with Crippen LogP contribution < -0.4 is 18.9 Å². The molecule has 2 aliphatic rings. The molecular weight excluding hydrogens is 576 g/mol. The largest absolute Gasteiger partial charge is 0.491 e. The molecular formula is C31H28F4O8. The highest BCUT2D eigenvalue weighted by Crippen LogP contribution is 2.33. The summed E-state index contributed by atoms with van der Waals surface area (Å²) in [5, 5.41) is 0. The molecule has 12 heteroatoms. The number of carbonyl (C=O) groups is 2. The van der Waals surface area contributed by atoms with Crippen molar-refractivity contribution in [1.82, 2.24) is 0 Å². The Hall–Kier alpha value is -4.16. The van der Waals surface area contributed by atoms with E-state index in [1.54, 1.807) is 12.1 Å². The van der Waals surface area contributed by atoms with Gasteiger partial charge in [-0.15, -0.1) is 0 Å². The lowest BCUT2D eigenvalue weighted by molar-refractivity contribution is -0.135. The zero-order valence-electron chi connectivity index (χ0n) is 22.9. The van der Waals surface area contributed by atoms with Gasteiger partial charge in [0.05, 0.1) is 31.6 Å². The smallest absolute Gasteiger partial charge is 0.311 e. The fourth-order valence-corrected chi connectivity index (χ4v) is 4.03. The van der Waals surface area contributed by atoms with E-state index in [0.29, 0.717) is 37.9 Å². The molecule has 0 aliphatic carbocycles. The van der Waals surface area contributed by atoms with Gasteiger partial charge in [-0.1, -0.05) is 12.1 Å². The van der Waals surface area contributed by atoms with Crippen LogP contribution in [0.2, 0.25) is 0 Å². The molecule has 2 fully saturated rings. The van der Waals surface area contributed by atoms with E-state index in [9.17, 15) is 27.2 Å². The molecule has 0 bridgehead atoms. The quantitative estimate of drug-likeness (QED) is 0.0967. The second kappa shape index (κ2) is 13.9. The zero-order chi connectivity index (χ0) is 30.3. The van der Waals surface area contributed by atoms with Crippen molar-refractivity contribution < 1.29 is 55.6 Å². The Balaban J connectivity index is 1.10. The van der Waals surface area contributed by atoms with Crippen LogP contribution in [0, 0.1) is 11.6 Å². The molecule has 2 heterocycles. The van der Waals surface area contributed by atoms with E-state index >= 15 is 0 Å². The Morgan fingerprint density at radius 1 is 0.721 bits per heavy atom. The second-order valence-corrected chi connectivity index (χ2v) is 9.99. The van der Waals surface area contributed by atoms with E-state index in [1.165, 1.54) is 30.3 Å². The van der Waals surface area contributed by atoms with E-state index < -0.39 is 41.3 Å². The van der Waals surface area contributed by atoms with Crippen molar-refractivity contribution in [3.63, 3.8) is 0 Å². The Morgan fingerprint density at radius 3 is 1.67 bits per heavy atom. The first-order valence-corrected chi connectivity index (χ1v) is 13.6. The van der Waals surface area contributed by atoms with Gasteiger partial charge in [-0.05, 0) is 54.3 Å². The molecule has 3 aromatic rings. The van der Waals surface area contributed by atoms with Crippen LogP contribution in [-0.2, 0) is 31.9 Å². The van der Waals surface area contributed by atoms with E-state index in [-0.39, 0.29) is 54.8 Å². The van der Waals surface area contributed by atoms with Gasteiger partial charge in [0.15, 0.2) is 0 Å². The van der Waals surface area contributed by atoms with Gasteiger partial charge in [0, 0.05) is 12.1 Å². The summed E-state index contributed by atoms with van der Waals surface area (Å²) in [5.74, 6) is -2.69. The standard InChI is InChI=1S/C31H28F4O8/c32-26-12-20(38-14-23-16-40-23)5-1-18(26)3-9-29(36)42-22-7-8-28(25(11-22)31(34)35)43-30(37)10-4-19-2-6-21(13-27(19)33)39-15-24-17-41-24/h1-2,5-8,11-13,23-24,31H,3-4,9-10,14-17H2. The second-order valence-electron chi connectivity index (χ2n) is 9.99. The summed E-state index contributed by atoms with van der Waals surface area (Å²) in [6.07, 6.45) is -3.50. The normalized spacial score (nSPS) is 17.0. The zero-order valence-corrected chi connectivity index (χ0v) is 22.9. The summed E-state index contributed by atoms with van der Waals surface area (Å²) in [7, 11) is 0. The van der Waals surface area contributed by atoms with E-state index in [1.807, 2.05) is 0 Å². The summed E-state index contributed by atoms with van der Waals surface area (Å²) in [6.45, 7) is 1.86. The van der Waals surface area contributed by atoms with Crippen molar-refractivity contribution >= 4 is 11.9 Å². The van der Waals surface area contributed by atoms with Crippen molar-refractivity contribution in [2.24, 2.45) is 0 Å². The molecule has 0 aromatic heterocycles. The molecule has 0 amide bonds. The van der Waals surface area contributed by atoms with Crippen LogP contribution in [0.15, 0.2) is 54.6 Å². The lowest BCUT2D eigenvalue weighted by Crippen LogP contribution is -2.12. The van der Waals surface area contributed by atoms with E-state index in [4.69, 9.17) is 28.4 Å². The van der Waals surface area contributed by atoms with Crippen LogP contribution in [-0.4, -0.2) is 50.6 Å². The van der Waals surface area contributed by atoms with Crippen molar-refractivity contribution in [1.29, 1.82) is 0 Å². The highest BCUT2D eigenvalue weighted by atomic mass is 19.3. The van der Waals surface area contributed by atoms with Crippen LogP contribution in [0.4, 0.5) is 17.6 Å². The maximum atomic E-state index is 14.4. The van der Waals surface area contributed by atoms with Crippen LogP contribution in [0.3, 0.4) is 0 Å². The molecule has 0 radical (unpaired) electrons. The van der Waals surface area contributed by atoms with Crippen LogP contribution in [0.5, 0.6) is 23.0 Å². The molecule has 0 saturated carbocycles. The average Bonchev–Trinajstić information content (AvgIpc) is 3.90. The molecule has 2 aliphatic heterocycles. The third-order valence-electron chi connectivity index (χ3n) is 6.59. The Kier molecular flexibility index (Phi) is 9.78. The van der Waals surface area contributed by atoms with Gasteiger partial charge in [0.25, 0.3) is 6.43 Å². The summed E-state index contributed by atoms with van der Waals surface area (Å²) in [6, 6.07) is 11.7. The molecule has 2 atom stereocenters. The first-order chi connectivity index (χ1) is 20.7. The van der Waals surface area contributed by atoms with Gasteiger partial charge in [0.1, 0.15) is 60.1 Å². The molecule has 5 rings (SSSR count). The number of carbonyl (C=O) groups excluding carboxylic acids is 2. The van der Waals surface area contributed by atoms with Crippen molar-refractivity contribution in [2.45, 2.75) is 44.3 Å². The Labute approximate surface area is 244 Å². The molecule has 8 nitrogen and oxygen atoms in total. The summed E-state index contributed by atoms with van der Waals surface area (Å²) < 4.78 is 87.4. The first kappa shape index (κ1) is 30.3. The minimum absolute atomic E-state index is 0.0137. The summed E-state index contributed by atoms with van der Waals surface area (Å²) >= 11 is 0. The van der Waals surface area contributed by atoms with E-state index in [0.717, 1.165) is 12.1 Å². The summed E-state index contributed by atoms with van der Waals surface area (Å²) in [4.78, 5) is 24.7. The number of halogens is 4. The minimum Gasteiger partial charge on any atom is -0.491 e. The monoisotopic (exact) mass is 604 g/mol. The number of hydrogen-bond donors (Lipinski definition) is 0. The van der Waals surface area contributed by atoms with Gasteiger partial charge in [-0.2, -0.15) is 0 Å². The lowest BCUT2D eigenvalue weighted by atomic mass is 10.1. The number of benzene rings is 3. The predicted molar refractivity (Wildman–Crippen MR) is 143 cm³/mol. The van der Waals surface area contributed by atoms with Gasteiger partial charge in [-0.25, -0.2) is 17.6 Å². The van der Waals surface area contributed by atoms with Gasteiger partial charge < -0.3 is 28.4 Å². The third kappa shape index (κ3) is 9.16. The van der Waals surface area contributed by atoms with Crippen LogP contribution in [0.1, 0.15) is 36.0 Å². The van der Waals surface area contributed by atoms with Gasteiger partial charge in [0.2, 0.25) is 0 Å². The predicted octanol–water partition coefficient (Wildman–Crippen LogP) is 5.53. The molecule has 228 valence electrons. The molecule has 3 aromatic carbocycles. The summed E-state index contributed by atoms with van der Waals surface area (Å²) in [5.41, 5.74) is -0.171. The number of rotatable bonds is 15. The van der Waals surface area contributed by atoms with Crippen molar-refractivity contribution in [2.75, 3.05) is 26.4 Å². The number of epoxide rings is 2. The maximum Gasteiger partial charge on any atom is 0.311 e.